The van der Waals surface area contributed by atoms with Crippen LogP contribution in [0.5, 0.6) is 5.75 Å². The first-order valence-corrected chi connectivity index (χ1v) is 22.6. The Kier molecular flexibility index (Phi) is 15.5. The number of β-amino-alcohol motifs (C(OH)–C–C–N with tert-alkyl or cyclic N) is 1. The van der Waals surface area contributed by atoms with E-state index >= 15 is 0 Å². The van der Waals surface area contributed by atoms with Crippen LogP contribution in [-0.4, -0.2) is 82.5 Å². The first-order valence-electron chi connectivity index (χ1n) is 21.7. The molecule has 0 radical (unpaired) electrons. The molecule has 0 unspecified atom stereocenters. The van der Waals surface area contributed by atoms with Crippen LogP contribution >= 0.6 is 11.3 Å². The molecule has 1 aliphatic heterocycles. The Morgan fingerprint density at radius 1 is 0.919 bits per heavy atom. The van der Waals surface area contributed by atoms with Gasteiger partial charge in [-0.1, -0.05) is 95.7 Å². The number of nitrogens with one attached hydrogen (secondary N) is 2. The Hall–Kier alpha value is -5.67. The number of likely N-dealkylation sites (tertiary alicyclic amines) is 1. The van der Waals surface area contributed by atoms with Crippen molar-refractivity contribution in [1.82, 2.24) is 40.5 Å². The number of para-hydroxylation sites is 1. The van der Waals surface area contributed by atoms with E-state index in [1.807, 2.05) is 87.4 Å². The number of aromatic nitrogens is 5. The number of aliphatic hydroxyl groups is 1. The van der Waals surface area contributed by atoms with Gasteiger partial charge in [0.2, 0.25) is 17.7 Å². The van der Waals surface area contributed by atoms with E-state index in [1.165, 1.54) is 4.90 Å². The van der Waals surface area contributed by atoms with Crippen molar-refractivity contribution in [3.63, 3.8) is 0 Å². The van der Waals surface area contributed by atoms with Gasteiger partial charge in [0, 0.05) is 48.8 Å². The molecule has 15 heteroatoms. The van der Waals surface area contributed by atoms with E-state index in [9.17, 15) is 24.6 Å². The van der Waals surface area contributed by atoms with Gasteiger partial charge in [-0.2, -0.15) is 5.10 Å². The Labute approximate surface area is 368 Å². The summed E-state index contributed by atoms with van der Waals surface area (Å²) in [7, 11) is 0. The maximum Gasteiger partial charge on any atom is 0.246 e. The highest BCUT2D eigenvalue weighted by Crippen LogP contribution is 2.33. The van der Waals surface area contributed by atoms with Crippen molar-refractivity contribution in [2.75, 3.05) is 12.3 Å². The van der Waals surface area contributed by atoms with Gasteiger partial charge in [-0.05, 0) is 61.4 Å². The first kappa shape index (κ1) is 45.8. The fourth-order valence-corrected chi connectivity index (χ4v) is 8.76. The molecule has 5 aromatic rings. The number of hydrogen-bond donors (Lipinski definition) is 5. The Bertz CT molecular complexity index is 2290. The number of nitrogens with two attached hydrogens (primary N) is 1. The average molecular weight is 864 g/mol. The summed E-state index contributed by atoms with van der Waals surface area (Å²) in [6.45, 7) is 10.4. The number of phenolic OH excluding ortho intramolecular Hbond substituents is 1. The second-order valence-corrected chi connectivity index (χ2v) is 18.4. The van der Waals surface area contributed by atoms with Crippen molar-refractivity contribution in [3.05, 3.63) is 83.8 Å². The number of aryl methyl sites for hydroxylation is 2. The average Bonchev–Trinajstić information content (AvgIpc) is 4.00. The number of amides is 3. The highest BCUT2D eigenvalue weighted by molar-refractivity contribution is 7.13. The molecule has 330 valence electrons. The molecule has 62 heavy (non-hydrogen) atoms. The zero-order valence-electron chi connectivity index (χ0n) is 36.5. The molecule has 6 N–H and O–H groups in total. The maximum absolute atomic E-state index is 14.1. The third kappa shape index (κ3) is 11.8. The second kappa shape index (κ2) is 20.9. The molecule has 0 aliphatic carbocycles. The highest BCUT2D eigenvalue weighted by atomic mass is 32.1. The van der Waals surface area contributed by atoms with Crippen molar-refractivity contribution < 1.29 is 24.6 Å². The molecule has 1 saturated heterocycles. The fraction of sp³-hybridized carbons (Fsp3) is 0.468. The molecule has 14 nitrogen and oxygen atoms in total. The molecule has 3 amide bonds. The number of carbonyl (C=O) groups excluding carboxylic acids is 3. The lowest BCUT2D eigenvalue weighted by Gasteiger charge is -2.35. The van der Waals surface area contributed by atoms with Crippen molar-refractivity contribution in [3.8, 4) is 38.6 Å². The van der Waals surface area contributed by atoms with Gasteiger partial charge in [0.05, 0.1) is 40.1 Å². The Morgan fingerprint density at radius 2 is 1.61 bits per heavy atom. The fourth-order valence-electron chi connectivity index (χ4n) is 7.95. The molecule has 1 aliphatic rings. The van der Waals surface area contributed by atoms with Gasteiger partial charge in [-0.15, -0.1) is 21.5 Å². The summed E-state index contributed by atoms with van der Waals surface area (Å²) >= 11 is 1.59. The van der Waals surface area contributed by atoms with Gasteiger partial charge in [0.25, 0.3) is 0 Å². The maximum atomic E-state index is 14.1. The molecule has 0 bridgehead atoms. The van der Waals surface area contributed by atoms with Crippen LogP contribution in [0.25, 0.3) is 32.8 Å². The number of benzene rings is 2. The van der Waals surface area contributed by atoms with Crippen LogP contribution in [-0.2, 0) is 20.9 Å². The Morgan fingerprint density at radius 3 is 2.29 bits per heavy atom. The van der Waals surface area contributed by atoms with E-state index in [-0.39, 0.29) is 42.5 Å². The molecular formula is C47H61N9O5S. The van der Waals surface area contributed by atoms with Crippen molar-refractivity contribution in [2.45, 2.75) is 130 Å². The minimum absolute atomic E-state index is 0.0320. The van der Waals surface area contributed by atoms with Crippen LogP contribution < -0.4 is 16.4 Å². The molecule has 4 heterocycles. The summed E-state index contributed by atoms with van der Waals surface area (Å²) in [6, 6.07) is 14.8. The number of nitrogens with zero attached hydrogens (tertiary/aromatic N) is 6. The van der Waals surface area contributed by atoms with E-state index in [0.29, 0.717) is 29.1 Å². The van der Waals surface area contributed by atoms with Gasteiger partial charge < -0.3 is 31.5 Å². The minimum Gasteiger partial charge on any atom is -0.507 e. The van der Waals surface area contributed by atoms with Crippen molar-refractivity contribution in [1.29, 1.82) is 0 Å². The predicted octanol–water partition coefficient (Wildman–Crippen LogP) is 7.61. The van der Waals surface area contributed by atoms with E-state index in [0.717, 1.165) is 85.2 Å². The second-order valence-electron chi connectivity index (χ2n) is 17.5. The lowest BCUT2D eigenvalue weighted by atomic mass is 9.85. The quantitative estimate of drug-likeness (QED) is 0.0515. The molecule has 4 atom stereocenters. The smallest absolute Gasteiger partial charge is 0.246 e. The Balaban J connectivity index is 0.885. The number of rotatable bonds is 19. The largest absolute Gasteiger partial charge is 0.507 e. The highest BCUT2D eigenvalue weighted by Gasteiger charge is 2.44. The SMILES string of the molecule is Cc1ncsc1-c1ccc([C@H](C)NC(=O)[C@@H]2C[C@@H](O)CN2C(=O)[C@@H](NC(=O)CCCCCCCCCCn2cc(-c3cc(-c4ccccc4O)nnc3N)cn2)C(C)(C)C)cc1. The lowest BCUT2D eigenvalue weighted by Crippen LogP contribution is -2.57. The van der Waals surface area contributed by atoms with Gasteiger partial charge >= 0.3 is 0 Å². The number of unbranched alkanes of at least 4 members (excludes halogenated alkanes) is 7. The zero-order valence-corrected chi connectivity index (χ0v) is 37.3. The molecule has 6 rings (SSSR count). The molecule has 0 saturated carbocycles. The van der Waals surface area contributed by atoms with Crippen molar-refractivity contribution in [2.24, 2.45) is 5.41 Å². The third-order valence-electron chi connectivity index (χ3n) is 11.5. The van der Waals surface area contributed by atoms with Crippen LogP contribution in [0.3, 0.4) is 0 Å². The van der Waals surface area contributed by atoms with Gasteiger partial charge in [0.15, 0.2) is 5.82 Å². The summed E-state index contributed by atoms with van der Waals surface area (Å²) in [5.41, 5.74) is 13.0. The number of anilines is 1. The van der Waals surface area contributed by atoms with Gasteiger partial charge in [0.1, 0.15) is 17.8 Å². The van der Waals surface area contributed by atoms with E-state index < -0.39 is 23.6 Å². The number of aromatic hydroxyl groups is 1. The predicted molar refractivity (Wildman–Crippen MR) is 243 cm³/mol. The van der Waals surface area contributed by atoms with Gasteiger partial charge in [-0.3, -0.25) is 19.1 Å². The summed E-state index contributed by atoms with van der Waals surface area (Å²) in [4.78, 5) is 47.7. The third-order valence-corrected chi connectivity index (χ3v) is 12.5. The summed E-state index contributed by atoms with van der Waals surface area (Å²) in [5, 5.41) is 39.7. The van der Waals surface area contributed by atoms with Crippen LogP contribution in [0.1, 0.15) is 109 Å². The number of thiazole rings is 1. The normalized spacial score (nSPS) is 16.3. The van der Waals surface area contributed by atoms with E-state index in [4.69, 9.17) is 5.73 Å². The molecule has 2 aromatic carbocycles. The van der Waals surface area contributed by atoms with E-state index in [1.54, 1.807) is 35.7 Å². The number of phenols is 1. The zero-order chi connectivity index (χ0) is 44.4. The monoisotopic (exact) mass is 863 g/mol. The number of hydrogen-bond acceptors (Lipinski definition) is 11. The standard InChI is InChI=1S/C47H61N9O5S/c1-30(32-19-21-33(22-20-32)42-31(2)49-29-62-42)51-45(60)39-24-35(57)28-56(39)46(61)43(47(3,4)5)52-41(59)18-12-10-8-6-7-9-11-15-23-55-27-34(26-50-55)37-25-38(53-54-44(37)48)36-16-13-14-17-40(36)58/h13-14,16-17,19-22,25-27,29-30,35,39,43,57-58H,6-12,15,18,23-24,28H2,1-5H3,(H2,48,54)(H,51,60)(H,52,59)/t30-,35+,39-,43+/m0/s1. The van der Waals surface area contributed by atoms with Crippen LogP contribution in [0, 0.1) is 12.3 Å². The first-order chi connectivity index (χ1) is 29.7. The number of carbonyl (C=O) groups is 3. The van der Waals surface area contributed by atoms with Crippen LogP contribution in [0.4, 0.5) is 5.82 Å². The number of nitrogen functional groups attached to an aromatic ring is 1. The molecular weight excluding hydrogens is 803 g/mol. The summed E-state index contributed by atoms with van der Waals surface area (Å²) < 4.78 is 1.91. The number of aliphatic hydroxyl groups excluding tert-OH is 1. The summed E-state index contributed by atoms with van der Waals surface area (Å²) in [5.74, 6) is -0.450. The molecule has 1 fully saturated rings. The van der Waals surface area contributed by atoms with Crippen LogP contribution in [0.15, 0.2) is 72.5 Å². The van der Waals surface area contributed by atoms with Crippen molar-refractivity contribution >= 4 is 34.9 Å². The van der Waals surface area contributed by atoms with E-state index in [2.05, 4.69) is 30.9 Å². The molecule has 3 aromatic heterocycles. The van der Waals surface area contributed by atoms with Crippen LogP contribution in [0.2, 0.25) is 0 Å². The lowest BCUT2D eigenvalue weighted by molar-refractivity contribution is -0.144. The minimum atomic E-state index is -0.849. The molecule has 0 spiro atoms. The summed E-state index contributed by atoms with van der Waals surface area (Å²) in [6.07, 6.45) is 11.4. The van der Waals surface area contributed by atoms with Gasteiger partial charge in [-0.25, -0.2) is 4.98 Å². The topological polar surface area (TPSA) is 201 Å².